The van der Waals surface area contributed by atoms with Crippen molar-refractivity contribution in [2.45, 2.75) is 47.0 Å². The molecule has 0 radical (unpaired) electrons. The van der Waals surface area contributed by atoms with Crippen molar-refractivity contribution >= 4 is 21.6 Å². The Kier molecular flexibility index (Phi) is 11.0. The summed E-state index contributed by atoms with van der Waals surface area (Å²) in [6.45, 7) is 9.33. The lowest BCUT2D eigenvalue weighted by Gasteiger charge is -2.23. The van der Waals surface area contributed by atoms with Crippen LogP contribution in [-0.4, -0.2) is 49.7 Å². The SMILES string of the molecule is CC(C)(CN)CCS(=O)CCCS(=O)CCC(C)(C)CNO. The van der Waals surface area contributed by atoms with Crippen molar-refractivity contribution < 1.29 is 13.6 Å². The Morgan fingerprint density at radius 2 is 1.36 bits per heavy atom. The summed E-state index contributed by atoms with van der Waals surface area (Å²) in [5.74, 6) is 2.52. The predicted octanol–water partition coefficient (Wildman–Crippen LogP) is 1.64. The Morgan fingerprint density at radius 1 is 0.909 bits per heavy atom. The van der Waals surface area contributed by atoms with Gasteiger partial charge in [0.2, 0.25) is 0 Å². The van der Waals surface area contributed by atoms with E-state index in [9.17, 15) is 8.42 Å². The van der Waals surface area contributed by atoms with Gasteiger partial charge in [-0.25, -0.2) is 5.48 Å². The molecule has 0 aliphatic rings. The number of rotatable bonds is 13. The maximum absolute atomic E-state index is 12.0. The van der Waals surface area contributed by atoms with E-state index in [4.69, 9.17) is 10.9 Å². The van der Waals surface area contributed by atoms with E-state index in [2.05, 4.69) is 19.3 Å². The molecule has 0 aromatic heterocycles. The molecule has 0 heterocycles. The largest absolute Gasteiger partial charge is 0.330 e. The van der Waals surface area contributed by atoms with E-state index in [1.54, 1.807) is 0 Å². The highest BCUT2D eigenvalue weighted by atomic mass is 32.2. The third kappa shape index (κ3) is 11.7. The zero-order valence-corrected chi connectivity index (χ0v) is 16.2. The van der Waals surface area contributed by atoms with Crippen LogP contribution in [0.15, 0.2) is 0 Å². The first-order valence-electron chi connectivity index (χ1n) is 7.89. The van der Waals surface area contributed by atoms with Crippen LogP contribution in [0.4, 0.5) is 0 Å². The van der Waals surface area contributed by atoms with E-state index in [-0.39, 0.29) is 10.8 Å². The van der Waals surface area contributed by atoms with E-state index < -0.39 is 21.6 Å². The normalized spacial score (nSPS) is 15.7. The Balaban J connectivity index is 3.82. The molecule has 4 N–H and O–H groups in total. The van der Waals surface area contributed by atoms with Crippen LogP contribution in [0.2, 0.25) is 0 Å². The fourth-order valence-corrected chi connectivity index (χ4v) is 4.85. The fraction of sp³-hybridized carbons (Fsp3) is 1.00. The van der Waals surface area contributed by atoms with Crippen molar-refractivity contribution in [3.8, 4) is 0 Å². The van der Waals surface area contributed by atoms with Gasteiger partial charge < -0.3 is 10.9 Å². The van der Waals surface area contributed by atoms with Gasteiger partial charge in [0.1, 0.15) is 0 Å². The zero-order valence-electron chi connectivity index (χ0n) is 14.5. The van der Waals surface area contributed by atoms with Gasteiger partial charge in [0.15, 0.2) is 0 Å². The molecule has 2 unspecified atom stereocenters. The standard InChI is InChI=1S/C15H34N2O3S2/c1-14(2,12-16)6-10-21(19)8-5-9-22(20)11-7-15(3,4)13-17-18/h17-18H,5-13,16H2,1-4H3. The summed E-state index contributed by atoms with van der Waals surface area (Å²) in [5, 5.41) is 8.73. The monoisotopic (exact) mass is 354 g/mol. The first-order chi connectivity index (χ1) is 10.1. The summed E-state index contributed by atoms with van der Waals surface area (Å²) in [5.41, 5.74) is 7.81. The maximum atomic E-state index is 12.0. The second kappa shape index (κ2) is 10.9. The minimum absolute atomic E-state index is 0.0464. The number of nitrogens with one attached hydrogen (secondary N) is 1. The van der Waals surface area contributed by atoms with Crippen LogP contribution in [0, 0.1) is 10.8 Å². The van der Waals surface area contributed by atoms with Gasteiger partial charge in [-0.15, -0.1) is 0 Å². The number of hydrogen-bond donors (Lipinski definition) is 3. The van der Waals surface area contributed by atoms with Gasteiger partial charge in [-0.2, -0.15) is 0 Å². The van der Waals surface area contributed by atoms with Crippen LogP contribution >= 0.6 is 0 Å². The average Bonchev–Trinajstić information content (AvgIpc) is 2.43. The van der Waals surface area contributed by atoms with Gasteiger partial charge in [0.25, 0.3) is 0 Å². The summed E-state index contributed by atoms with van der Waals surface area (Å²) in [6, 6.07) is 0. The molecule has 0 saturated heterocycles. The molecule has 0 fully saturated rings. The molecular formula is C15H34N2O3S2. The molecule has 0 rings (SSSR count). The number of hydroxylamine groups is 1. The summed E-state index contributed by atoms with van der Waals surface area (Å²) in [4.78, 5) is 0. The van der Waals surface area contributed by atoms with Crippen LogP contribution in [0.3, 0.4) is 0 Å². The maximum Gasteiger partial charge on any atom is 0.0259 e. The van der Waals surface area contributed by atoms with Crippen LogP contribution in [-0.2, 0) is 21.6 Å². The predicted molar refractivity (Wildman–Crippen MR) is 96.0 cm³/mol. The average molecular weight is 355 g/mol. The Hall–Kier alpha value is 0.180. The van der Waals surface area contributed by atoms with E-state index in [0.717, 1.165) is 19.3 Å². The molecule has 7 heteroatoms. The minimum Gasteiger partial charge on any atom is -0.330 e. The van der Waals surface area contributed by atoms with Crippen LogP contribution in [0.1, 0.15) is 47.0 Å². The van der Waals surface area contributed by atoms with E-state index in [0.29, 0.717) is 36.1 Å². The molecule has 0 aliphatic carbocycles. The third-order valence-corrected chi connectivity index (χ3v) is 6.67. The smallest absolute Gasteiger partial charge is 0.0259 e. The zero-order chi connectivity index (χ0) is 17.2. The van der Waals surface area contributed by atoms with Gasteiger partial charge in [-0.3, -0.25) is 8.42 Å². The minimum atomic E-state index is -0.873. The van der Waals surface area contributed by atoms with Crippen LogP contribution < -0.4 is 11.2 Å². The van der Waals surface area contributed by atoms with E-state index >= 15 is 0 Å². The lowest BCUT2D eigenvalue weighted by Crippen LogP contribution is -2.28. The summed E-state index contributed by atoms with van der Waals surface area (Å²) >= 11 is 0. The lowest BCUT2D eigenvalue weighted by molar-refractivity contribution is 0.123. The molecule has 0 aromatic rings. The molecule has 0 aromatic carbocycles. The van der Waals surface area contributed by atoms with E-state index in [1.165, 1.54) is 0 Å². The Labute approximate surface area is 140 Å². The highest BCUT2D eigenvalue weighted by molar-refractivity contribution is 7.85. The molecule has 5 nitrogen and oxygen atoms in total. The van der Waals surface area contributed by atoms with Crippen molar-refractivity contribution in [2.75, 3.05) is 36.1 Å². The Bertz CT molecular complexity index is 361. The lowest BCUT2D eigenvalue weighted by atomic mass is 9.91. The third-order valence-electron chi connectivity index (χ3n) is 3.87. The summed E-state index contributed by atoms with van der Waals surface area (Å²) < 4.78 is 23.9. The molecule has 0 bridgehead atoms. The highest BCUT2D eigenvalue weighted by Crippen LogP contribution is 2.20. The highest BCUT2D eigenvalue weighted by Gasteiger charge is 2.19. The molecule has 0 aliphatic heterocycles. The van der Waals surface area contributed by atoms with Gasteiger partial charge in [0.05, 0.1) is 0 Å². The van der Waals surface area contributed by atoms with Crippen molar-refractivity contribution in [2.24, 2.45) is 16.6 Å². The first-order valence-corrected chi connectivity index (χ1v) is 10.9. The van der Waals surface area contributed by atoms with Crippen molar-refractivity contribution in [3.63, 3.8) is 0 Å². The van der Waals surface area contributed by atoms with Gasteiger partial charge in [-0.05, 0) is 36.6 Å². The number of hydrogen-bond acceptors (Lipinski definition) is 5. The second-order valence-corrected chi connectivity index (χ2v) is 10.8. The van der Waals surface area contributed by atoms with Crippen LogP contribution in [0.25, 0.3) is 0 Å². The molecule has 0 saturated carbocycles. The van der Waals surface area contributed by atoms with Crippen molar-refractivity contribution in [3.05, 3.63) is 0 Å². The molecule has 0 amide bonds. The quantitative estimate of drug-likeness (QED) is 0.437. The van der Waals surface area contributed by atoms with Gasteiger partial charge in [0, 0.05) is 51.2 Å². The summed E-state index contributed by atoms with van der Waals surface area (Å²) in [6.07, 6.45) is 2.39. The fourth-order valence-electron chi connectivity index (χ4n) is 1.77. The van der Waals surface area contributed by atoms with Crippen LogP contribution in [0.5, 0.6) is 0 Å². The Morgan fingerprint density at radius 3 is 1.77 bits per heavy atom. The van der Waals surface area contributed by atoms with E-state index in [1.807, 2.05) is 13.8 Å². The van der Waals surface area contributed by atoms with Gasteiger partial charge in [-0.1, -0.05) is 27.7 Å². The van der Waals surface area contributed by atoms with Crippen molar-refractivity contribution in [1.29, 1.82) is 0 Å². The number of nitrogens with two attached hydrogens (primary N) is 1. The molecule has 134 valence electrons. The molecule has 0 spiro atoms. The van der Waals surface area contributed by atoms with Gasteiger partial charge >= 0.3 is 0 Å². The molecule has 2 atom stereocenters. The topological polar surface area (TPSA) is 92.4 Å². The van der Waals surface area contributed by atoms with Crippen molar-refractivity contribution in [1.82, 2.24) is 5.48 Å². The first kappa shape index (κ1) is 22.2. The molecular weight excluding hydrogens is 320 g/mol. The second-order valence-electron chi connectivity index (χ2n) is 7.42. The molecule has 22 heavy (non-hydrogen) atoms. The summed E-state index contributed by atoms with van der Waals surface area (Å²) in [7, 11) is -1.71.